The Kier molecular flexibility index (Phi) is 4.38. The molecule has 9 heteroatoms. The van der Waals surface area contributed by atoms with Gasteiger partial charge in [0.25, 0.3) is 0 Å². The molecule has 0 heterocycles. The highest BCUT2D eigenvalue weighted by molar-refractivity contribution is 5.76. The molecular weight excluding hydrogens is 232 g/mol. The smallest absolute Gasteiger partial charge is 0.382 e. The predicted octanol–water partition coefficient (Wildman–Crippen LogP) is 0.978. The summed E-state index contributed by atoms with van der Waals surface area (Å²) >= 11 is 0. The molecule has 0 fully saturated rings. The number of rotatable bonds is 3. The highest BCUT2D eigenvalue weighted by Crippen LogP contribution is 2.20. The predicted molar refractivity (Wildman–Crippen MR) is 35.7 cm³/mol. The fraction of sp³-hybridized carbons (Fsp3) is 0.833. The van der Waals surface area contributed by atoms with Gasteiger partial charge in [-0.05, 0) is 0 Å². The topological polar surface area (TPSA) is 49.3 Å². The molecule has 15 heavy (non-hydrogen) atoms. The van der Waals surface area contributed by atoms with Crippen molar-refractivity contribution in [2.75, 3.05) is 6.54 Å². The van der Waals surface area contributed by atoms with Gasteiger partial charge in [0, 0.05) is 0 Å². The van der Waals surface area contributed by atoms with Crippen LogP contribution in [0, 0.1) is 0 Å². The number of nitrogens with one attached hydrogen (secondary N) is 1. The molecule has 0 radical (unpaired) electrons. The number of aliphatic hydroxyl groups is 1. The minimum Gasteiger partial charge on any atom is -0.382 e. The molecular formula is C6H7F6NO2. The van der Waals surface area contributed by atoms with Crippen molar-refractivity contribution in [3.8, 4) is 0 Å². The van der Waals surface area contributed by atoms with Gasteiger partial charge in [-0.2, -0.15) is 26.3 Å². The number of hydrogen-bond donors (Lipinski definition) is 2. The Balaban J connectivity index is 3.92. The van der Waals surface area contributed by atoms with Crippen LogP contribution in [0.3, 0.4) is 0 Å². The molecule has 3 nitrogen and oxygen atoms in total. The standard InChI is InChI=1S/C6H7F6NO2/c7-5(8,9)1-4(15)13-2-3(14)6(10,11)12/h3,14H,1-2H2,(H,13,15). The maximum absolute atomic E-state index is 11.6. The minimum absolute atomic E-state index is 1.29. The third-order valence-electron chi connectivity index (χ3n) is 1.23. The van der Waals surface area contributed by atoms with Crippen LogP contribution in [0.1, 0.15) is 6.42 Å². The average Bonchev–Trinajstić information content (AvgIpc) is 1.94. The summed E-state index contributed by atoms with van der Waals surface area (Å²) in [5.74, 6) is -1.62. The Morgan fingerprint density at radius 3 is 2.00 bits per heavy atom. The van der Waals surface area contributed by atoms with Crippen LogP contribution in [0.25, 0.3) is 0 Å². The van der Waals surface area contributed by atoms with Gasteiger partial charge >= 0.3 is 12.4 Å². The molecule has 0 spiro atoms. The van der Waals surface area contributed by atoms with Crippen LogP contribution < -0.4 is 5.32 Å². The Bertz CT molecular complexity index is 223. The molecule has 0 aliphatic rings. The largest absolute Gasteiger partial charge is 0.416 e. The van der Waals surface area contributed by atoms with Gasteiger partial charge in [-0.25, -0.2) is 0 Å². The van der Waals surface area contributed by atoms with Crippen molar-refractivity contribution in [3.05, 3.63) is 0 Å². The van der Waals surface area contributed by atoms with Gasteiger partial charge in [0.1, 0.15) is 6.42 Å². The molecule has 0 aliphatic heterocycles. The first-order valence-corrected chi connectivity index (χ1v) is 3.60. The van der Waals surface area contributed by atoms with Crippen LogP contribution in [0.5, 0.6) is 0 Å². The second-order valence-corrected chi connectivity index (χ2v) is 2.65. The average molecular weight is 239 g/mol. The summed E-state index contributed by atoms with van der Waals surface area (Å²) < 4.78 is 69.4. The Hall–Kier alpha value is -0.990. The summed E-state index contributed by atoms with van der Waals surface area (Å²) in [6, 6.07) is 0. The van der Waals surface area contributed by atoms with E-state index >= 15 is 0 Å². The van der Waals surface area contributed by atoms with Crippen molar-refractivity contribution < 1.29 is 36.2 Å². The van der Waals surface area contributed by atoms with Gasteiger partial charge in [0.05, 0.1) is 6.54 Å². The van der Waals surface area contributed by atoms with Gasteiger partial charge < -0.3 is 10.4 Å². The molecule has 0 aliphatic carbocycles. The van der Waals surface area contributed by atoms with E-state index in [1.165, 1.54) is 5.32 Å². The van der Waals surface area contributed by atoms with Crippen molar-refractivity contribution in [3.63, 3.8) is 0 Å². The van der Waals surface area contributed by atoms with E-state index < -0.39 is 37.3 Å². The maximum Gasteiger partial charge on any atom is 0.416 e. The second-order valence-electron chi connectivity index (χ2n) is 2.65. The fourth-order valence-electron chi connectivity index (χ4n) is 0.571. The number of alkyl halides is 6. The monoisotopic (exact) mass is 239 g/mol. The zero-order chi connectivity index (χ0) is 12.3. The molecule has 1 unspecified atom stereocenters. The molecule has 0 aromatic rings. The van der Waals surface area contributed by atoms with Crippen LogP contribution in [-0.4, -0.2) is 36.0 Å². The molecule has 0 saturated carbocycles. The first-order valence-electron chi connectivity index (χ1n) is 3.60. The highest BCUT2D eigenvalue weighted by atomic mass is 19.4. The first kappa shape index (κ1) is 14.0. The zero-order valence-corrected chi connectivity index (χ0v) is 7.11. The lowest BCUT2D eigenvalue weighted by Gasteiger charge is -2.15. The molecule has 1 amide bonds. The summed E-state index contributed by atoms with van der Waals surface area (Å²) in [6.07, 6.45) is -14.5. The first-order chi connectivity index (χ1) is 6.52. The Morgan fingerprint density at radius 2 is 1.67 bits per heavy atom. The zero-order valence-electron chi connectivity index (χ0n) is 7.11. The lowest BCUT2D eigenvalue weighted by molar-refractivity contribution is -0.202. The van der Waals surface area contributed by atoms with E-state index in [9.17, 15) is 31.1 Å². The number of aliphatic hydroxyl groups excluding tert-OH is 1. The van der Waals surface area contributed by atoms with Crippen molar-refractivity contribution in [1.29, 1.82) is 0 Å². The number of amides is 1. The molecule has 2 N–H and O–H groups in total. The summed E-state index contributed by atoms with van der Waals surface area (Å²) in [4.78, 5) is 10.4. The van der Waals surface area contributed by atoms with Gasteiger partial charge in [-0.3, -0.25) is 4.79 Å². The lowest BCUT2D eigenvalue weighted by atomic mass is 10.3. The van der Waals surface area contributed by atoms with Crippen molar-refractivity contribution >= 4 is 5.91 Å². The third kappa shape index (κ3) is 7.00. The molecule has 1 atom stereocenters. The van der Waals surface area contributed by atoms with E-state index in [1.807, 2.05) is 0 Å². The molecule has 0 bridgehead atoms. The Morgan fingerprint density at radius 1 is 1.20 bits per heavy atom. The SMILES string of the molecule is O=C(CC(F)(F)F)NCC(O)C(F)(F)F. The summed E-state index contributed by atoms with van der Waals surface area (Å²) in [5.41, 5.74) is 0. The molecule has 0 rings (SSSR count). The highest BCUT2D eigenvalue weighted by Gasteiger charge is 2.39. The van der Waals surface area contributed by atoms with Crippen LogP contribution in [0.4, 0.5) is 26.3 Å². The van der Waals surface area contributed by atoms with Gasteiger partial charge in [0.15, 0.2) is 6.10 Å². The quantitative estimate of drug-likeness (QED) is 0.721. The minimum atomic E-state index is -4.97. The summed E-state index contributed by atoms with van der Waals surface area (Å²) in [5, 5.41) is 9.63. The van der Waals surface area contributed by atoms with Gasteiger partial charge in [0.2, 0.25) is 5.91 Å². The summed E-state index contributed by atoms with van der Waals surface area (Å²) in [6.45, 7) is -1.29. The van der Waals surface area contributed by atoms with E-state index in [0.717, 1.165) is 0 Å². The molecule has 0 saturated heterocycles. The third-order valence-corrected chi connectivity index (χ3v) is 1.23. The van der Waals surface area contributed by atoms with Crippen LogP contribution in [-0.2, 0) is 4.79 Å². The van der Waals surface area contributed by atoms with Gasteiger partial charge in [-0.1, -0.05) is 0 Å². The van der Waals surface area contributed by atoms with Crippen molar-refractivity contribution in [2.45, 2.75) is 24.9 Å². The fourth-order valence-corrected chi connectivity index (χ4v) is 0.571. The van der Waals surface area contributed by atoms with Crippen molar-refractivity contribution in [2.24, 2.45) is 0 Å². The Labute approximate surface area is 80.1 Å². The lowest BCUT2D eigenvalue weighted by Crippen LogP contribution is -2.41. The van der Waals surface area contributed by atoms with Crippen LogP contribution >= 0.6 is 0 Å². The molecule has 0 aromatic heterocycles. The van der Waals surface area contributed by atoms with Crippen LogP contribution in [0.15, 0.2) is 0 Å². The van der Waals surface area contributed by atoms with E-state index in [0.29, 0.717) is 0 Å². The van der Waals surface area contributed by atoms with Crippen LogP contribution in [0.2, 0.25) is 0 Å². The second kappa shape index (κ2) is 4.69. The molecule has 90 valence electrons. The number of halogens is 6. The van der Waals surface area contributed by atoms with Crippen molar-refractivity contribution in [1.82, 2.24) is 5.32 Å². The van der Waals surface area contributed by atoms with E-state index in [4.69, 9.17) is 5.11 Å². The molecule has 0 aromatic carbocycles. The van der Waals surface area contributed by atoms with E-state index in [-0.39, 0.29) is 0 Å². The maximum atomic E-state index is 11.6. The number of carbonyl (C=O) groups is 1. The summed E-state index contributed by atoms with van der Waals surface area (Å²) in [7, 11) is 0. The number of hydrogen-bond acceptors (Lipinski definition) is 2. The van der Waals surface area contributed by atoms with Gasteiger partial charge in [-0.15, -0.1) is 0 Å². The number of carbonyl (C=O) groups excluding carboxylic acids is 1. The normalized spacial score (nSPS) is 14.9. The van der Waals surface area contributed by atoms with E-state index in [2.05, 4.69) is 0 Å². The van der Waals surface area contributed by atoms with E-state index in [1.54, 1.807) is 0 Å².